The van der Waals surface area contributed by atoms with Gasteiger partial charge < -0.3 is 5.11 Å². The third-order valence-electron chi connectivity index (χ3n) is 3.79. The summed E-state index contributed by atoms with van der Waals surface area (Å²) in [5.41, 5.74) is -0.0148. The van der Waals surface area contributed by atoms with Crippen LogP contribution in [0.3, 0.4) is 0 Å². The zero-order valence-corrected chi connectivity index (χ0v) is 11.0. The molecule has 1 fully saturated rings. The molecule has 1 aromatic rings. The SMILES string of the molecule is CC(C)(C(=O)O)c1nccc(C2CCCCC2)n1. The number of nitrogens with zero attached hydrogens (tertiary/aromatic N) is 2. The van der Waals surface area contributed by atoms with Crippen LogP contribution in [0, 0.1) is 0 Å². The summed E-state index contributed by atoms with van der Waals surface area (Å²) < 4.78 is 0. The molecule has 18 heavy (non-hydrogen) atoms. The minimum atomic E-state index is -1.02. The van der Waals surface area contributed by atoms with E-state index in [1.165, 1.54) is 19.3 Å². The van der Waals surface area contributed by atoms with Gasteiger partial charge in [0.15, 0.2) is 0 Å². The van der Waals surface area contributed by atoms with E-state index in [9.17, 15) is 9.90 Å². The molecule has 0 radical (unpaired) electrons. The quantitative estimate of drug-likeness (QED) is 0.893. The van der Waals surface area contributed by atoms with Gasteiger partial charge in [0.2, 0.25) is 0 Å². The average molecular weight is 248 g/mol. The van der Waals surface area contributed by atoms with Gasteiger partial charge in [0.1, 0.15) is 11.2 Å². The molecule has 0 bridgehead atoms. The van der Waals surface area contributed by atoms with Gasteiger partial charge >= 0.3 is 5.97 Å². The number of hydrogen-bond donors (Lipinski definition) is 1. The predicted molar refractivity (Wildman–Crippen MR) is 68.5 cm³/mol. The molecule has 0 amide bonds. The van der Waals surface area contributed by atoms with E-state index in [-0.39, 0.29) is 0 Å². The Hall–Kier alpha value is -1.45. The highest BCUT2D eigenvalue weighted by molar-refractivity contribution is 5.78. The summed E-state index contributed by atoms with van der Waals surface area (Å²) in [4.78, 5) is 19.9. The van der Waals surface area contributed by atoms with Crippen molar-refractivity contribution in [1.29, 1.82) is 0 Å². The standard InChI is InChI=1S/C14H20N2O2/c1-14(2,13(17)18)12-15-9-8-11(16-12)10-6-4-3-5-7-10/h8-10H,3-7H2,1-2H3,(H,17,18). The molecule has 1 N–H and O–H groups in total. The number of hydrogen-bond acceptors (Lipinski definition) is 3. The minimum absolute atomic E-state index is 0.415. The lowest BCUT2D eigenvalue weighted by Crippen LogP contribution is -2.31. The molecule has 2 rings (SSSR count). The average Bonchev–Trinajstić information content (AvgIpc) is 2.40. The molecule has 0 unspecified atom stereocenters. The Morgan fingerprint density at radius 1 is 1.33 bits per heavy atom. The molecule has 1 aliphatic rings. The maximum atomic E-state index is 11.2. The van der Waals surface area contributed by atoms with E-state index in [0.29, 0.717) is 11.7 Å². The van der Waals surface area contributed by atoms with Gasteiger partial charge in [-0.3, -0.25) is 4.79 Å². The van der Waals surface area contributed by atoms with Crippen LogP contribution in [0.25, 0.3) is 0 Å². The highest BCUT2D eigenvalue weighted by Gasteiger charge is 2.33. The Labute approximate surface area is 107 Å². The zero-order chi connectivity index (χ0) is 13.2. The Morgan fingerprint density at radius 2 is 2.00 bits per heavy atom. The van der Waals surface area contributed by atoms with E-state index in [1.807, 2.05) is 6.07 Å². The van der Waals surface area contributed by atoms with E-state index in [4.69, 9.17) is 0 Å². The van der Waals surface area contributed by atoms with Crippen LogP contribution in [-0.4, -0.2) is 21.0 Å². The van der Waals surface area contributed by atoms with Crippen molar-refractivity contribution in [3.05, 3.63) is 23.8 Å². The second kappa shape index (κ2) is 5.04. The predicted octanol–water partition coefficient (Wildman–Crippen LogP) is 2.89. The zero-order valence-electron chi connectivity index (χ0n) is 11.0. The maximum absolute atomic E-state index is 11.2. The number of aromatic nitrogens is 2. The number of aliphatic carboxylic acids is 1. The maximum Gasteiger partial charge on any atom is 0.316 e. The van der Waals surface area contributed by atoms with Crippen molar-refractivity contribution < 1.29 is 9.90 Å². The fraction of sp³-hybridized carbons (Fsp3) is 0.643. The Morgan fingerprint density at radius 3 is 2.61 bits per heavy atom. The molecule has 98 valence electrons. The summed E-state index contributed by atoms with van der Waals surface area (Å²) in [7, 11) is 0. The van der Waals surface area contributed by atoms with Crippen molar-refractivity contribution in [1.82, 2.24) is 9.97 Å². The summed E-state index contributed by atoms with van der Waals surface area (Å²) in [5.74, 6) is 0.00598. The van der Waals surface area contributed by atoms with Gasteiger partial charge in [-0.15, -0.1) is 0 Å². The Bertz CT molecular complexity index is 437. The molecule has 1 aliphatic carbocycles. The lowest BCUT2D eigenvalue weighted by atomic mass is 9.86. The third-order valence-corrected chi connectivity index (χ3v) is 3.79. The number of carboxylic acid groups (broad SMARTS) is 1. The molecule has 4 heteroatoms. The van der Waals surface area contributed by atoms with Crippen LogP contribution in [-0.2, 0) is 10.2 Å². The first-order valence-electron chi connectivity index (χ1n) is 6.58. The Kier molecular flexibility index (Phi) is 3.64. The van der Waals surface area contributed by atoms with Crippen LogP contribution in [0.2, 0.25) is 0 Å². The van der Waals surface area contributed by atoms with E-state index in [0.717, 1.165) is 18.5 Å². The Balaban J connectivity index is 2.27. The molecule has 1 saturated carbocycles. The molecule has 0 spiro atoms. The molecule has 0 aromatic carbocycles. The summed E-state index contributed by atoms with van der Waals surface area (Å²) in [5, 5.41) is 9.22. The van der Waals surface area contributed by atoms with Crippen molar-refractivity contribution in [2.24, 2.45) is 0 Å². The number of rotatable bonds is 3. The van der Waals surface area contributed by atoms with Crippen molar-refractivity contribution in [3.63, 3.8) is 0 Å². The van der Waals surface area contributed by atoms with E-state index in [1.54, 1.807) is 20.0 Å². The topological polar surface area (TPSA) is 63.1 Å². The normalized spacial score (nSPS) is 17.7. The molecule has 4 nitrogen and oxygen atoms in total. The van der Waals surface area contributed by atoms with Crippen LogP contribution in [0.1, 0.15) is 63.4 Å². The summed E-state index contributed by atoms with van der Waals surface area (Å²) in [6.45, 7) is 3.30. The fourth-order valence-corrected chi connectivity index (χ4v) is 2.40. The van der Waals surface area contributed by atoms with Gasteiger partial charge in [-0.1, -0.05) is 19.3 Å². The van der Waals surface area contributed by atoms with Gasteiger partial charge in [0.05, 0.1) is 0 Å². The molecule has 1 heterocycles. The van der Waals surface area contributed by atoms with Crippen molar-refractivity contribution in [2.45, 2.75) is 57.3 Å². The van der Waals surface area contributed by atoms with Crippen LogP contribution in [0.4, 0.5) is 0 Å². The molecular weight excluding hydrogens is 228 g/mol. The smallest absolute Gasteiger partial charge is 0.316 e. The van der Waals surface area contributed by atoms with Gasteiger partial charge in [-0.2, -0.15) is 0 Å². The molecule has 1 aromatic heterocycles. The lowest BCUT2D eigenvalue weighted by Gasteiger charge is -2.23. The highest BCUT2D eigenvalue weighted by atomic mass is 16.4. The first kappa shape index (κ1) is 13.0. The van der Waals surface area contributed by atoms with Crippen LogP contribution in [0.15, 0.2) is 12.3 Å². The monoisotopic (exact) mass is 248 g/mol. The second-order valence-corrected chi connectivity index (χ2v) is 5.57. The van der Waals surface area contributed by atoms with Gasteiger partial charge in [-0.05, 0) is 32.8 Å². The molecular formula is C14H20N2O2. The number of carbonyl (C=O) groups is 1. The second-order valence-electron chi connectivity index (χ2n) is 5.57. The van der Waals surface area contributed by atoms with Crippen LogP contribution >= 0.6 is 0 Å². The largest absolute Gasteiger partial charge is 0.481 e. The molecule has 0 aliphatic heterocycles. The first-order chi connectivity index (χ1) is 8.51. The van der Waals surface area contributed by atoms with Gasteiger partial charge in [0, 0.05) is 17.8 Å². The van der Waals surface area contributed by atoms with Crippen LogP contribution in [0.5, 0.6) is 0 Å². The summed E-state index contributed by atoms with van der Waals surface area (Å²) in [6, 6.07) is 1.93. The molecule has 0 atom stereocenters. The van der Waals surface area contributed by atoms with Crippen molar-refractivity contribution in [3.8, 4) is 0 Å². The third kappa shape index (κ3) is 2.52. The fourth-order valence-electron chi connectivity index (χ4n) is 2.40. The van der Waals surface area contributed by atoms with Crippen molar-refractivity contribution >= 4 is 5.97 Å². The van der Waals surface area contributed by atoms with Crippen LogP contribution < -0.4 is 0 Å². The minimum Gasteiger partial charge on any atom is -0.481 e. The van der Waals surface area contributed by atoms with E-state index < -0.39 is 11.4 Å². The van der Waals surface area contributed by atoms with E-state index in [2.05, 4.69) is 9.97 Å². The lowest BCUT2D eigenvalue weighted by molar-refractivity contribution is -0.142. The van der Waals surface area contributed by atoms with Gasteiger partial charge in [-0.25, -0.2) is 9.97 Å². The number of carboxylic acids is 1. The highest BCUT2D eigenvalue weighted by Crippen LogP contribution is 2.32. The van der Waals surface area contributed by atoms with Gasteiger partial charge in [0.25, 0.3) is 0 Å². The first-order valence-corrected chi connectivity index (χ1v) is 6.58. The van der Waals surface area contributed by atoms with Crippen molar-refractivity contribution in [2.75, 3.05) is 0 Å². The molecule has 0 saturated heterocycles. The summed E-state index contributed by atoms with van der Waals surface area (Å²) in [6.07, 6.45) is 7.79. The van der Waals surface area contributed by atoms with E-state index >= 15 is 0 Å². The summed E-state index contributed by atoms with van der Waals surface area (Å²) >= 11 is 0.